The number of amides is 1. The molecule has 1 amide bonds. The van der Waals surface area contributed by atoms with E-state index in [0.717, 1.165) is 19.6 Å². The Kier molecular flexibility index (Phi) is 7.31. The zero-order chi connectivity index (χ0) is 19.9. The lowest BCUT2D eigenvalue weighted by atomic mass is 10.1. The molecular formula is C21H22Cl2N2O3. The van der Waals surface area contributed by atoms with Crippen molar-refractivity contribution in [2.75, 3.05) is 32.8 Å². The van der Waals surface area contributed by atoms with Gasteiger partial charge in [-0.1, -0.05) is 59.6 Å². The molecule has 7 heteroatoms. The average Bonchev–Trinajstić information content (AvgIpc) is 2.70. The van der Waals surface area contributed by atoms with Gasteiger partial charge in [0.15, 0.2) is 6.61 Å². The van der Waals surface area contributed by atoms with Crippen molar-refractivity contribution in [2.24, 2.45) is 0 Å². The highest BCUT2D eigenvalue weighted by Crippen LogP contribution is 2.22. The number of esters is 1. The van der Waals surface area contributed by atoms with Crippen LogP contribution in [-0.2, 0) is 27.3 Å². The number of rotatable bonds is 6. The quantitative estimate of drug-likeness (QED) is 0.671. The molecule has 1 aliphatic rings. The Morgan fingerprint density at radius 1 is 0.893 bits per heavy atom. The van der Waals surface area contributed by atoms with Crippen LogP contribution in [0.15, 0.2) is 48.5 Å². The van der Waals surface area contributed by atoms with Gasteiger partial charge in [-0.2, -0.15) is 0 Å². The number of carbonyl (C=O) groups excluding carboxylic acids is 2. The van der Waals surface area contributed by atoms with Gasteiger partial charge in [0.05, 0.1) is 16.5 Å². The number of piperazine rings is 1. The second kappa shape index (κ2) is 9.92. The summed E-state index contributed by atoms with van der Waals surface area (Å²) < 4.78 is 5.13. The molecule has 3 rings (SSSR count). The van der Waals surface area contributed by atoms with Crippen molar-refractivity contribution in [3.05, 3.63) is 69.7 Å². The van der Waals surface area contributed by atoms with Gasteiger partial charge in [-0.25, -0.2) is 0 Å². The van der Waals surface area contributed by atoms with Gasteiger partial charge in [0, 0.05) is 32.7 Å². The van der Waals surface area contributed by atoms with E-state index in [4.69, 9.17) is 27.9 Å². The molecule has 148 valence electrons. The minimum atomic E-state index is -0.463. The lowest BCUT2D eigenvalue weighted by molar-refractivity contribution is -0.152. The van der Waals surface area contributed by atoms with Crippen LogP contribution in [0.5, 0.6) is 0 Å². The molecular weight excluding hydrogens is 399 g/mol. The van der Waals surface area contributed by atoms with E-state index in [1.165, 1.54) is 5.56 Å². The monoisotopic (exact) mass is 420 g/mol. The van der Waals surface area contributed by atoms with E-state index >= 15 is 0 Å². The summed E-state index contributed by atoms with van der Waals surface area (Å²) in [5, 5.41) is 0.816. The summed E-state index contributed by atoms with van der Waals surface area (Å²) in [4.78, 5) is 28.3. The zero-order valence-corrected chi connectivity index (χ0v) is 17.0. The summed E-state index contributed by atoms with van der Waals surface area (Å²) in [6.07, 6.45) is 0.0506. The van der Waals surface area contributed by atoms with E-state index < -0.39 is 5.97 Å². The van der Waals surface area contributed by atoms with Crippen molar-refractivity contribution in [1.82, 2.24) is 9.80 Å². The third-order valence-corrected chi connectivity index (χ3v) is 5.40. The highest BCUT2D eigenvalue weighted by Gasteiger charge is 2.22. The molecule has 0 atom stereocenters. The molecule has 0 N–H and O–H groups in total. The molecule has 2 aromatic carbocycles. The molecule has 0 spiro atoms. The first kappa shape index (κ1) is 20.6. The van der Waals surface area contributed by atoms with E-state index in [-0.39, 0.29) is 18.9 Å². The summed E-state index contributed by atoms with van der Waals surface area (Å²) in [7, 11) is 0. The van der Waals surface area contributed by atoms with Crippen molar-refractivity contribution >= 4 is 35.1 Å². The normalized spacial score (nSPS) is 14.7. The van der Waals surface area contributed by atoms with E-state index in [9.17, 15) is 9.59 Å². The van der Waals surface area contributed by atoms with E-state index in [1.807, 2.05) is 18.2 Å². The number of ether oxygens (including phenoxy) is 1. The zero-order valence-electron chi connectivity index (χ0n) is 15.4. The standard InChI is InChI=1S/C21H22Cl2N2O3/c22-18-7-6-17(12-19(18)23)13-21(27)28-15-20(26)25-10-8-24(9-11-25)14-16-4-2-1-3-5-16/h1-7,12H,8-11,13-15H2. The molecule has 28 heavy (non-hydrogen) atoms. The van der Waals surface area contributed by atoms with Crippen LogP contribution in [0.3, 0.4) is 0 Å². The summed E-state index contributed by atoms with van der Waals surface area (Å²) in [5.41, 5.74) is 1.96. The Morgan fingerprint density at radius 3 is 2.29 bits per heavy atom. The molecule has 2 aromatic rings. The van der Waals surface area contributed by atoms with Crippen molar-refractivity contribution in [1.29, 1.82) is 0 Å². The van der Waals surface area contributed by atoms with Gasteiger partial charge in [0.2, 0.25) is 0 Å². The van der Waals surface area contributed by atoms with Crippen LogP contribution in [-0.4, -0.2) is 54.5 Å². The third-order valence-electron chi connectivity index (χ3n) is 4.66. The molecule has 0 aliphatic carbocycles. The molecule has 0 aromatic heterocycles. The van der Waals surface area contributed by atoms with Crippen LogP contribution in [0, 0.1) is 0 Å². The van der Waals surface area contributed by atoms with Crippen molar-refractivity contribution in [2.45, 2.75) is 13.0 Å². The van der Waals surface area contributed by atoms with Gasteiger partial charge in [-0.15, -0.1) is 0 Å². The predicted molar refractivity (Wildman–Crippen MR) is 109 cm³/mol. The maximum atomic E-state index is 12.3. The van der Waals surface area contributed by atoms with Crippen molar-refractivity contribution in [3.8, 4) is 0 Å². The molecule has 1 saturated heterocycles. The molecule has 1 aliphatic heterocycles. The highest BCUT2D eigenvalue weighted by molar-refractivity contribution is 6.42. The fourth-order valence-electron chi connectivity index (χ4n) is 3.10. The summed E-state index contributed by atoms with van der Waals surface area (Å²) >= 11 is 11.8. The largest absolute Gasteiger partial charge is 0.455 e. The maximum absolute atomic E-state index is 12.3. The topological polar surface area (TPSA) is 49.9 Å². The molecule has 0 radical (unpaired) electrons. The number of benzene rings is 2. The SMILES string of the molecule is O=C(Cc1ccc(Cl)c(Cl)c1)OCC(=O)N1CCN(Cc2ccccc2)CC1. The Labute approximate surface area is 174 Å². The maximum Gasteiger partial charge on any atom is 0.310 e. The van der Waals surface area contributed by atoms with Crippen LogP contribution in [0.2, 0.25) is 10.0 Å². The van der Waals surface area contributed by atoms with Gasteiger partial charge in [0.25, 0.3) is 5.91 Å². The average molecular weight is 421 g/mol. The van der Waals surface area contributed by atoms with E-state index in [1.54, 1.807) is 23.1 Å². The Bertz CT molecular complexity index is 822. The smallest absolute Gasteiger partial charge is 0.310 e. The Morgan fingerprint density at radius 2 is 1.61 bits per heavy atom. The van der Waals surface area contributed by atoms with E-state index in [0.29, 0.717) is 28.7 Å². The summed E-state index contributed by atoms with van der Waals surface area (Å²) in [6, 6.07) is 15.2. The first-order valence-corrected chi connectivity index (χ1v) is 9.90. The Hall–Kier alpha value is -2.08. The fraction of sp³-hybridized carbons (Fsp3) is 0.333. The molecule has 1 heterocycles. The van der Waals surface area contributed by atoms with Crippen LogP contribution in [0.4, 0.5) is 0 Å². The number of nitrogens with zero attached hydrogens (tertiary/aromatic N) is 2. The van der Waals surface area contributed by atoms with Crippen LogP contribution in [0.25, 0.3) is 0 Å². The second-order valence-corrected chi connectivity index (χ2v) is 7.54. The van der Waals surface area contributed by atoms with Gasteiger partial charge in [-0.05, 0) is 23.3 Å². The molecule has 0 unspecified atom stereocenters. The molecule has 5 nitrogen and oxygen atoms in total. The van der Waals surface area contributed by atoms with Crippen molar-refractivity contribution in [3.63, 3.8) is 0 Å². The van der Waals surface area contributed by atoms with Gasteiger partial charge >= 0.3 is 5.97 Å². The van der Waals surface area contributed by atoms with Crippen LogP contribution >= 0.6 is 23.2 Å². The molecule has 0 bridgehead atoms. The fourth-order valence-corrected chi connectivity index (χ4v) is 3.42. The summed E-state index contributed by atoms with van der Waals surface area (Å²) in [6.45, 7) is 3.52. The first-order chi connectivity index (χ1) is 13.5. The van der Waals surface area contributed by atoms with Gasteiger partial charge in [0.1, 0.15) is 0 Å². The summed E-state index contributed by atoms with van der Waals surface area (Å²) in [5.74, 6) is -0.628. The lowest BCUT2D eigenvalue weighted by Crippen LogP contribution is -2.49. The number of hydrogen-bond acceptors (Lipinski definition) is 4. The first-order valence-electron chi connectivity index (χ1n) is 9.15. The molecule has 1 fully saturated rings. The van der Waals surface area contributed by atoms with Crippen LogP contribution < -0.4 is 0 Å². The van der Waals surface area contributed by atoms with Gasteiger partial charge < -0.3 is 9.64 Å². The third kappa shape index (κ3) is 5.96. The van der Waals surface area contributed by atoms with Crippen molar-refractivity contribution < 1.29 is 14.3 Å². The van der Waals surface area contributed by atoms with Crippen LogP contribution in [0.1, 0.15) is 11.1 Å². The number of carbonyl (C=O) groups is 2. The second-order valence-electron chi connectivity index (χ2n) is 6.73. The van der Waals surface area contributed by atoms with E-state index in [2.05, 4.69) is 17.0 Å². The highest BCUT2D eigenvalue weighted by atomic mass is 35.5. The van der Waals surface area contributed by atoms with Gasteiger partial charge in [-0.3, -0.25) is 14.5 Å². The minimum absolute atomic E-state index is 0.0506. The number of hydrogen-bond donors (Lipinski definition) is 0. The predicted octanol–water partition coefficient (Wildman–Crippen LogP) is 3.42. The minimum Gasteiger partial charge on any atom is -0.455 e. The Balaban J connectivity index is 1.39. The number of halogens is 2. The lowest BCUT2D eigenvalue weighted by Gasteiger charge is -2.34. The molecule has 0 saturated carbocycles.